The maximum Gasteiger partial charge on any atom is 0.291 e. The molecule has 2 aliphatic heterocycles. The van der Waals surface area contributed by atoms with Crippen LogP contribution < -0.4 is 0 Å². The van der Waals surface area contributed by atoms with Gasteiger partial charge in [0.15, 0.2) is 0 Å². The van der Waals surface area contributed by atoms with E-state index in [1.54, 1.807) is 24.7 Å². The van der Waals surface area contributed by atoms with Gasteiger partial charge in [0.1, 0.15) is 0 Å². The lowest BCUT2D eigenvalue weighted by Gasteiger charge is -2.58. The number of piperidine rings is 1. The third-order valence-electron chi connectivity index (χ3n) is 5.71. The first-order chi connectivity index (χ1) is 13.2. The second-order valence-electron chi connectivity index (χ2n) is 7.61. The summed E-state index contributed by atoms with van der Waals surface area (Å²) in [4.78, 5) is 29.1. The maximum absolute atomic E-state index is 12.5. The van der Waals surface area contributed by atoms with Crippen molar-refractivity contribution in [3.63, 3.8) is 0 Å². The van der Waals surface area contributed by atoms with E-state index in [1.807, 2.05) is 23.2 Å². The van der Waals surface area contributed by atoms with Crippen LogP contribution in [0.1, 0.15) is 29.0 Å². The Hall–Kier alpha value is -2.38. The van der Waals surface area contributed by atoms with Crippen LogP contribution in [0.25, 0.3) is 0 Å². The van der Waals surface area contributed by atoms with Crippen LogP contribution in [0, 0.1) is 5.92 Å². The van der Waals surface area contributed by atoms with E-state index < -0.39 is 0 Å². The molecule has 7 nitrogen and oxygen atoms in total. The first-order valence-electron chi connectivity index (χ1n) is 9.40. The smallest absolute Gasteiger partial charge is 0.291 e. The SMILES string of the molecule is CN1CC[C@H](COCc2cccnc2)CC12CN(C(=O)c1ncccn1)C2. The number of carbonyl (C=O) groups is 1. The Labute approximate surface area is 159 Å². The minimum Gasteiger partial charge on any atom is -0.376 e. The van der Waals surface area contributed by atoms with E-state index in [2.05, 4.69) is 26.9 Å². The van der Waals surface area contributed by atoms with Gasteiger partial charge in [0.25, 0.3) is 5.91 Å². The third kappa shape index (κ3) is 3.84. The third-order valence-corrected chi connectivity index (χ3v) is 5.71. The number of nitrogens with zero attached hydrogens (tertiary/aromatic N) is 5. The molecular weight excluding hydrogens is 342 g/mol. The standard InChI is InChI=1S/C20H25N5O2/c1-24-9-5-16(12-27-13-17-4-2-6-21-11-17)10-20(24)14-25(15-20)19(26)18-22-7-3-8-23-18/h2-4,6-8,11,16H,5,9-10,12-15H2,1H3/t16-/m0/s1. The molecule has 1 atom stereocenters. The van der Waals surface area contributed by atoms with Crippen molar-refractivity contribution in [1.82, 2.24) is 24.8 Å². The molecule has 4 rings (SSSR count). The number of likely N-dealkylation sites (tertiary alicyclic amines) is 2. The fourth-order valence-electron chi connectivity index (χ4n) is 4.11. The topological polar surface area (TPSA) is 71.5 Å². The van der Waals surface area contributed by atoms with Gasteiger partial charge in [-0.15, -0.1) is 0 Å². The molecule has 0 saturated carbocycles. The molecule has 2 fully saturated rings. The van der Waals surface area contributed by atoms with Crippen molar-refractivity contribution in [3.8, 4) is 0 Å². The minimum atomic E-state index is -0.0791. The summed E-state index contributed by atoms with van der Waals surface area (Å²) < 4.78 is 5.94. The van der Waals surface area contributed by atoms with Crippen LogP contribution in [-0.4, -0.2) is 69.5 Å². The number of hydrogen-bond donors (Lipinski definition) is 0. The lowest BCUT2D eigenvalue weighted by molar-refractivity contribution is -0.0771. The Bertz CT molecular complexity index is 764. The van der Waals surface area contributed by atoms with Crippen LogP contribution in [0.4, 0.5) is 0 Å². The van der Waals surface area contributed by atoms with Gasteiger partial charge in [-0.25, -0.2) is 9.97 Å². The average Bonchev–Trinajstić information content (AvgIpc) is 2.68. The Morgan fingerprint density at radius 3 is 2.81 bits per heavy atom. The first-order valence-corrected chi connectivity index (χ1v) is 9.40. The summed E-state index contributed by atoms with van der Waals surface area (Å²) in [7, 11) is 2.16. The van der Waals surface area contributed by atoms with E-state index in [0.717, 1.165) is 44.6 Å². The molecule has 0 N–H and O–H groups in total. The Kier molecular flexibility index (Phi) is 5.13. The molecule has 0 unspecified atom stereocenters. The maximum atomic E-state index is 12.5. The van der Waals surface area contributed by atoms with Crippen LogP contribution in [-0.2, 0) is 11.3 Å². The summed E-state index contributed by atoms with van der Waals surface area (Å²) in [6, 6.07) is 5.68. The Balaban J connectivity index is 1.30. The largest absolute Gasteiger partial charge is 0.376 e. The molecule has 1 amide bonds. The number of aromatic nitrogens is 3. The summed E-state index contributed by atoms with van der Waals surface area (Å²) >= 11 is 0. The zero-order valence-corrected chi connectivity index (χ0v) is 15.6. The van der Waals surface area contributed by atoms with Gasteiger partial charge in [0, 0.05) is 44.5 Å². The van der Waals surface area contributed by atoms with Crippen LogP contribution in [0.2, 0.25) is 0 Å². The number of ether oxygens (including phenoxy) is 1. The van der Waals surface area contributed by atoms with Gasteiger partial charge in [0.05, 0.1) is 12.1 Å². The number of pyridine rings is 1. The molecule has 2 aromatic heterocycles. The van der Waals surface area contributed by atoms with Gasteiger partial charge < -0.3 is 9.64 Å². The van der Waals surface area contributed by atoms with E-state index >= 15 is 0 Å². The van der Waals surface area contributed by atoms with Gasteiger partial charge in [-0.2, -0.15) is 0 Å². The minimum absolute atomic E-state index is 0.0605. The second kappa shape index (κ2) is 7.70. The van der Waals surface area contributed by atoms with E-state index in [1.165, 1.54) is 0 Å². The number of hydrogen-bond acceptors (Lipinski definition) is 6. The van der Waals surface area contributed by atoms with E-state index in [-0.39, 0.29) is 17.3 Å². The van der Waals surface area contributed by atoms with Crippen molar-refractivity contribution in [2.45, 2.75) is 25.0 Å². The molecule has 27 heavy (non-hydrogen) atoms. The average molecular weight is 367 g/mol. The number of amides is 1. The van der Waals surface area contributed by atoms with Crippen molar-refractivity contribution >= 4 is 5.91 Å². The van der Waals surface area contributed by atoms with E-state index in [0.29, 0.717) is 12.5 Å². The van der Waals surface area contributed by atoms with Gasteiger partial charge >= 0.3 is 0 Å². The summed E-state index contributed by atoms with van der Waals surface area (Å²) in [5.41, 5.74) is 1.16. The van der Waals surface area contributed by atoms with E-state index in [4.69, 9.17) is 4.74 Å². The quantitative estimate of drug-likeness (QED) is 0.800. The molecule has 142 valence electrons. The zero-order chi connectivity index (χ0) is 18.7. The molecule has 2 aromatic rings. The highest BCUT2D eigenvalue weighted by atomic mass is 16.5. The highest BCUT2D eigenvalue weighted by molar-refractivity contribution is 5.91. The summed E-state index contributed by atoms with van der Waals surface area (Å²) in [6.45, 7) is 3.85. The predicted molar refractivity (Wildman–Crippen MR) is 99.9 cm³/mol. The summed E-state index contributed by atoms with van der Waals surface area (Å²) in [5.74, 6) is 0.717. The number of rotatable bonds is 5. The fourth-order valence-corrected chi connectivity index (χ4v) is 4.11. The van der Waals surface area contributed by atoms with Gasteiger partial charge in [-0.3, -0.25) is 14.7 Å². The molecule has 0 bridgehead atoms. The molecule has 0 radical (unpaired) electrons. The number of carbonyl (C=O) groups excluding carboxylic acids is 1. The molecule has 4 heterocycles. The molecule has 0 aromatic carbocycles. The van der Waals surface area contributed by atoms with Crippen LogP contribution in [0.5, 0.6) is 0 Å². The summed E-state index contributed by atoms with van der Waals surface area (Å²) in [5, 5.41) is 0. The van der Waals surface area contributed by atoms with Crippen molar-refractivity contribution in [1.29, 1.82) is 0 Å². The lowest BCUT2D eigenvalue weighted by Crippen LogP contribution is -2.72. The van der Waals surface area contributed by atoms with Crippen molar-refractivity contribution in [2.24, 2.45) is 5.92 Å². The van der Waals surface area contributed by atoms with Gasteiger partial charge in [-0.05, 0) is 50.0 Å². The van der Waals surface area contributed by atoms with Crippen LogP contribution >= 0.6 is 0 Å². The fraction of sp³-hybridized carbons (Fsp3) is 0.500. The summed E-state index contributed by atoms with van der Waals surface area (Å²) in [6.07, 6.45) is 9.01. The number of likely N-dealkylation sites (N-methyl/N-ethyl adjacent to an activating group) is 1. The second-order valence-corrected chi connectivity index (χ2v) is 7.61. The van der Waals surface area contributed by atoms with Gasteiger partial charge in [-0.1, -0.05) is 6.07 Å². The highest BCUT2D eigenvalue weighted by Crippen LogP contribution is 2.38. The van der Waals surface area contributed by atoms with Crippen molar-refractivity contribution < 1.29 is 9.53 Å². The molecule has 0 aliphatic carbocycles. The van der Waals surface area contributed by atoms with Crippen LogP contribution in [0.3, 0.4) is 0 Å². The Morgan fingerprint density at radius 2 is 2.07 bits per heavy atom. The molecule has 1 spiro atoms. The predicted octanol–water partition coefficient (Wildman–Crippen LogP) is 1.62. The lowest BCUT2D eigenvalue weighted by atomic mass is 9.75. The van der Waals surface area contributed by atoms with Crippen LogP contribution in [0.15, 0.2) is 43.0 Å². The van der Waals surface area contributed by atoms with Crippen molar-refractivity contribution in [3.05, 3.63) is 54.4 Å². The monoisotopic (exact) mass is 367 g/mol. The highest BCUT2D eigenvalue weighted by Gasteiger charge is 2.51. The molecule has 2 saturated heterocycles. The molecular formula is C20H25N5O2. The zero-order valence-electron chi connectivity index (χ0n) is 15.6. The Morgan fingerprint density at radius 1 is 1.26 bits per heavy atom. The van der Waals surface area contributed by atoms with Gasteiger partial charge in [0.2, 0.25) is 5.82 Å². The first kappa shape index (κ1) is 18.0. The van der Waals surface area contributed by atoms with Crippen molar-refractivity contribution in [2.75, 3.05) is 33.3 Å². The van der Waals surface area contributed by atoms with E-state index in [9.17, 15) is 4.79 Å². The molecule has 7 heteroatoms. The molecule has 2 aliphatic rings. The normalized spacial score (nSPS) is 21.8.